The summed E-state index contributed by atoms with van der Waals surface area (Å²) in [5, 5.41) is 3.80. The molecule has 2 atom stereocenters. The standard InChI is InChI=1S/C11H22N2S/c1-9(2)13-5-3-10(7-13)12-11-4-6-14-8-11/h9-12H,3-8H2,1-2H3. The molecule has 2 nitrogen and oxygen atoms in total. The van der Waals surface area contributed by atoms with E-state index in [-0.39, 0.29) is 0 Å². The van der Waals surface area contributed by atoms with Gasteiger partial charge in [0.05, 0.1) is 0 Å². The Morgan fingerprint density at radius 2 is 2.14 bits per heavy atom. The fraction of sp³-hybridized carbons (Fsp3) is 1.00. The topological polar surface area (TPSA) is 15.3 Å². The fourth-order valence-corrected chi connectivity index (χ4v) is 3.56. The third-order valence-electron chi connectivity index (χ3n) is 3.35. The van der Waals surface area contributed by atoms with Gasteiger partial charge in [0.2, 0.25) is 0 Å². The average molecular weight is 214 g/mol. The van der Waals surface area contributed by atoms with E-state index in [1.165, 1.54) is 37.4 Å². The highest BCUT2D eigenvalue weighted by Gasteiger charge is 2.26. The fourth-order valence-electron chi connectivity index (χ4n) is 2.39. The highest BCUT2D eigenvalue weighted by atomic mass is 32.2. The summed E-state index contributed by atoms with van der Waals surface area (Å²) < 4.78 is 0. The van der Waals surface area contributed by atoms with Crippen molar-refractivity contribution in [1.82, 2.24) is 10.2 Å². The van der Waals surface area contributed by atoms with Crippen LogP contribution in [0.4, 0.5) is 0 Å². The van der Waals surface area contributed by atoms with Crippen LogP contribution in [0.25, 0.3) is 0 Å². The molecule has 2 aliphatic rings. The molecule has 1 N–H and O–H groups in total. The lowest BCUT2D eigenvalue weighted by Gasteiger charge is -2.22. The van der Waals surface area contributed by atoms with E-state index < -0.39 is 0 Å². The Labute approximate surface area is 91.8 Å². The van der Waals surface area contributed by atoms with Gasteiger partial charge < -0.3 is 5.32 Å². The first-order valence-corrected chi connectivity index (χ1v) is 6.99. The largest absolute Gasteiger partial charge is 0.309 e. The minimum absolute atomic E-state index is 0.722. The lowest BCUT2D eigenvalue weighted by Crippen LogP contribution is -2.41. The SMILES string of the molecule is CC(C)N1CCC(NC2CCSC2)C1. The van der Waals surface area contributed by atoms with E-state index in [9.17, 15) is 0 Å². The van der Waals surface area contributed by atoms with Crippen molar-refractivity contribution < 1.29 is 0 Å². The van der Waals surface area contributed by atoms with Crippen LogP contribution in [0, 0.1) is 0 Å². The Morgan fingerprint density at radius 3 is 2.71 bits per heavy atom. The van der Waals surface area contributed by atoms with Gasteiger partial charge in [0.1, 0.15) is 0 Å². The minimum Gasteiger partial charge on any atom is -0.309 e. The number of likely N-dealkylation sites (tertiary alicyclic amines) is 1. The van der Waals surface area contributed by atoms with Crippen molar-refractivity contribution in [3.05, 3.63) is 0 Å². The molecule has 0 aliphatic carbocycles. The zero-order valence-electron chi connectivity index (χ0n) is 9.33. The van der Waals surface area contributed by atoms with Crippen LogP contribution in [-0.4, -0.2) is 47.6 Å². The minimum atomic E-state index is 0.722. The van der Waals surface area contributed by atoms with Gasteiger partial charge in [0.25, 0.3) is 0 Å². The van der Waals surface area contributed by atoms with Gasteiger partial charge in [-0.05, 0) is 39.0 Å². The molecule has 0 aromatic carbocycles. The highest BCUT2D eigenvalue weighted by molar-refractivity contribution is 7.99. The molecule has 0 spiro atoms. The predicted octanol–water partition coefficient (Wildman–Crippen LogP) is 1.56. The van der Waals surface area contributed by atoms with Crippen LogP contribution in [0.5, 0.6) is 0 Å². The Bertz CT molecular complexity index is 178. The average Bonchev–Trinajstić information content (AvgIpc) is 2.75. The van der Waals surface area contributed by atoms with Gasteiger partial charge in [-0.3, -0.25) is 4.90 Å². The number of hydrogen-bond acceptors (Lipinski definition) is 3. The summed E-state index contributed by atoms with van der Waals surface area (Å²) in [7, 11) is 0. The molecule has 2 rings (SSSR count). The van der Waals surface area contributed by atoms with Crippen LogP contribution < -0.4 is 5.32 Å². The normalized spacial score (nSPS) is 34.5. The lowest BCUT2D eigenvalue weighted by atomic mass is 10.2. The van der Waals surface area contributed by atoms with Crippen molar-refractivity contribution in [2.75, 3.05) is 24.6 Å². The van der Waals surface area contributed by atoms with E-state index in [1.54, 1.807) is 0 Å². The molecule has 3 heteroatoms. The number of hydrogen-bond donors (Lipinski definition) is 1. The van der Waals surface area contributed by atoms with Gasteiger partial charge in [0, 0.05) is 30.4 Å². The predicted molar refractivity (Wildman–Crippen MR) is 64.0 cm³/mol. The summed E-state index contributed by atoms with van der Waals surface area (Å²) in [4.78, 5) is 2.58. The molecule has 0 radical (unpaired) electrons. The Hall–Kier alpha value is 0.270. The van der Waals surface area contributed by atoms with E-state index in [2.05, 4.69) is 35.8 Å². The number of nitrogens with zero attached hydrogens (tertiary/aromatic N) is 1. The molecule has 0 amide bonds. The van der Waals surface area contributed by atoms with Gasteiger partial charge in [-0.2, -0.15) is 11.8 Å². The van der Waals surface area contributed by atoms with E-state index in [4.69, 9.17) is 0 Å². The third kappa shape index (κ3) is 2.65. The molecule has 0 saturated carbocycles. The summed E-state index contributed by atoms with van der Waals surface area (Å²) in [6, 6.07) is 2.29. The Balaban J connectivity index is 1.72. The van der Waals surface area contributed by atoms with Gasteiger partial charge in [0.15, 0.2) is 0 Å². The van der Waals surface area contributed by atoms with E-state index >= 15 is 0 Å². The maximum absolute atomic E-state index is 3.80. The van der Waals surface area contributed by atoms with Crippen LogP contribution in [0.1, 0.15) is 26.7 Å². The lowest BCUT2D eigenvalue weighted by molar-refractivity contribution is 0.266. The smallest absolute Gasteiger partial charge is 0.0210 e. The molecule has 2 aliphatic heterocycles. The number of nitrogens with one attached hydrogen (secondary N) is 1. The van der Waals surface area contributed by atoms with Crippen LogP contribution in [0.15, 0.2) is 0 Å². The second-order valence-electron chi connectivity index (χ2n) is 4.80. The summed E-state index contributed by atoms with van der Waals surface area (Å²) in [6.45, 7) is 7.15. The maximum Gasteiger partial charge on any atom is 0.0210 e. The van der Waals surface area contributed by atoms with Crippen molar-refractivity contribution in [1.29, 1.82) is 0 Å². The van der Waals surface area contributed by atoms with Gasteiger partial charge in [-0.25, -0.2) is 0 Å². The molecular weight excluding hydrogens is 192 g/mol. The molecule has 0 aromatic heterocycles. The van der Waals surface area contributed by atoms with E-state index in [0.29, 0.717) is 0 Å². The third-order valence-corrected chi connectivity index (χ3v) is 4.51. The summed E-state index contributed by atoms with van der Waals surface area (Å²) in [6.07, 6.45) is 2.72. The summed E-state index contributed by atoms with van der Waals surface area (Å²) in [5.41, 5.74) is 0. The second-order valence-corrected chi connectivity index (χ2v) is 5.95. The molecule has 2 saturated heterocycles. The van der Waals surface area contributed by atoms with Crippen molar-refractivity contribution in [3.8, 4) is 0 Å². The van der Waals surface area contributed by atoms with E-state index in [0.717, 1.165) is 18.1 Å². The van der Waals surface area contributed by atoms with Gasteiger partial charge in [-0.15, -0.1) is 0 Å². The monoisotopic (exact) mass is 214 g/mol. The second kappa shape index (κ2) is 4.86. The number of thioether (sulfide) groups is 1. The van der Waals surface area contributed by atoms with Gasteiger partial charge in [-0.1, -0.05) is 0 Å². The van der Waals surface area contributed by atoms with Crippen LogP contribution in [0.2, 0.25) is 0 Å². The van der Waals surface area contributed by atoms with Crippen molar-refractivity contribution >= 4 is 11.8 Å². The quantitative estimate of drug-likeness (QED) is 0.767. The number of rotatable bonds is 3. The van der Waals surface area contributed by atoms with Crippen molar-refractivity contribution in [2.45, 2.75) is 44.8 Å². The molecule has 82 valence electrons. The van der Waals surface area contributed by atoms with Crippen LogP contribution in [-0.2, 0) is 0 Å². The first-order valence-electron chi connectivity index (χ1n) is 5.83. The first kappa shape index (κ1) is 10.8. The van der Waals surface area contributed by atoms with Gasteiger partial charge >= 0.3 is 0 Å². The molecule has 0 aromatic rings. The molecule has 2 heterocycles. The molecule has 14 heavy (non-hydrogen) atoms. The van der Waals surface area contributed by atoms with Crippen molar-refractivity contribution in [3.63, 3.8) is 0 Å². The van der Waals surface area contributed by atoms with Crippen molar-refractivity contribution in [2.24, 2.45) is 0 Å². The Morgan fingerprint density at radius 1 is 1.29 bits per heavy atom. The summed E-state index contributed by atoms with van der Waals surface area (Å²) >= 11 is 2.10. The maximum atomic E-state index is 3.80. The molecule has 2 unspecified atom stereocenters. The highest BCUT2D eigenvalue weighted by Crippen LogP contribution is 2.20. The van der Waals surface area contributed by atoms with E-state index in [1.807, 2.05) is 0 Å². The summed E-state index contributed by atoms with van der Waals surface area (Å²) in [5.74, 6) is 2.69. The van der Waals surface area contributed by atoms with Crippen LogP contribution in [0.3, 0.4) is 0 Å². The molecular formula is C11H22N2S. The van der Waals surface area contributed by atoms with Crippen LogP contribution >= 0.6 is 11.8 Å². The first-order chi connectivity index (χ1) is 6.75. The molecule has 0 bridgehead atoms. The Kier molecular flexibility index (Phi) is 3.74. The molecule has 2 fully saturated rings. The zero-order valence-corrected chi connectivity index (χ0v) is 10.1. The zero-order chi connectivity index (χ0) is 9.97.